The summed E-state index contributed by atoms with van der Waals surface area (Å²) in [7, 11) is -3.60. The summed E-state index contributed by atoms with van der Waals surface area (Å²) in [6.45, 7) is 8.23. The maximum Gasteiger partial charge on any atom is 0.243 e. The fourth-order valence-electron chi connectivity index (χ4n) is 4.09. The van der Waals surface area contributed by atoms with Crippen LogP contribution in [0.15, 0.2) is 42.5 Å². The molecule has 0 aliphatic carbocycles. The molecule has 0 saturated heterocycles. The fraction of sp³-hybridized carbons (Fsp3) is 0.500. The molecule has 1 N–H and O–H groups in total. The number of carbonyl (C=O) groups excluding carboxylic acids is 2. The molecule has 0 saturated carbocycles. The molecule has 0 radical (unpaired) electrons. The van der Waals surface area contributed by atoms with Gasteiger partial charge in [-0.15, -0.1) is 0 Å². The van der Waals surface area contributed by atoms with Gasteiger partial charge in [-0.3, -0.25) is 13.9 Å². The number of carbonyl (C=O) groups is 2. The van der Waals surface area contributed by atoms with E-state index >= 15 is 0 Å². The third-order valence-electron chi connectivity index (χ3n) is 6.36. The predicted octanol–water partition coefficient (Wildman–Crippen LogP) is 5.66. The number of rotatable bonds is 15. The molecule has 39 heavy (non-hydrogen) atoms. The van der Waals surface area contributed by atoms with Gasteiger partial charge in [0.1, 0.15) is 11.8 Å². The molecule has 0 aliphatic heterocycles. The molecule has 216 valence electrons. The van der Waals surface area contributed by atoms with Gasteiger partial charge in [0.25, 0.3) is 0 Å². The Morgan fingerprint density at radius 2 is 1.62 bits per heavy atom. The van der Waals surface area contributed by atoms with Gasteiger partial charge >= 0.3 is 0 Å². The van der Waals surface area contributed by atoms with Crippen LogP contribution in [0.3, 0.4) is 0 Å². The molecule has 0 spiro atoms. The van der Waals surface area contributed by atoms with Crippen LogP contribution in [0.5, 0.6) is 5.75 Å². The van der Waals surface area contributed by atoms with E-state index in [0.717, 1.165) is 12.7 Å². The first-order valence-corrected chi connectivity index (χ1v) is 15.8. The standard InChI is InChI=1S/C28H39Cl2N3O5S/c1-6-20(4)31-28(35)26(7-2)32(19-23-24(29)11-9-12-25(23)30)27(34)13-10-18-33(39(5,36)37)21-14-16-22(17-15-21)38-8-3/h9,11-12,14-17,20,26H,6-8,10,13,18-19H2,1-5H3,(H,31,35)/t20-,26+/m1/s1. The Kier molecular flexibility index (Phi) is 12.9. The lowest BCUT2D eigenvalue weighted by Crippen LogP contribution is -2.50. The fourth-order valence-corrected chi connectivity index (χ4v) is 5.58. The van der Waals surface area contributed by atoms with E-state index in [1.807, 2.05) is 27.7 Å². The van der Waals surface area contributed by atoms with Crippen LogP contribution >= 0.6 is 23.2 Å². The molecule has 0 fully saturated rings. The summed E-state index contributed by atoms with van der Waals surface area (Å²) in [5, 5.41) is 3.76. The van der Waals surface area contributed by atoms with Gasteiger partial charge in [0.05, 0.1) is 18.6 Å². The van der Waals surface area contributed by atoms with Gasteiger partial charge in [0.2, 0.25) is 21.8 Å². The van der Waals surface area contributed by atoms with Crippen LogP contribution in [0, 0.1) is 0 Å². The molecule has 0 aromatic heterocycles. The van der Waals surface area contributed by atoms with E-state index in [1.165, 1.54) is 9.21 Å². The molecular formula is C28H39Cl2N3O5S. The Hall–Kier alpha value is -2.49. The number of amides is 2. The molecule has 0 heterocycles. The van der Waals surface area contributed by atoms with Crippen molar-refractivity contribution in [2.75, 3.05) is 23.7 Å². The molecule has 2 aromatic rings. The minimum Gasteiger partial charge on any atom is -0.494 e. The van der Waals surface area contributed by atoms with Crippen molar-refractivity contribution < 1.29 is 22.7 Å². The largest absolute Gasteiger partial charge is 0.494 e. The number of halogens is 2. The Morgan fingerprint density at radius 3 is 2.13 bits per heavy atom. The number of hydrogen-bond acceptors (Lipinski definition) is 5. The summed E-state index contributed by atoms with van der Waals surface area (Å²) < 4.78 is 31.8. The van der Waals surface area contributed by atoms with Crippen LogP contribution < -0.4 is 14.4 Å². The molecule has 0 unspecified atom stereocenters. The third kappa shape index (κ3) is 9.58. The summed E-state index contributed by atoms with van der Waals surface area (Å²) in [6, 6.07) is 11.1. The number of benzene rings is 2. The highest BCUT2D eigenvalue weighted by Gasteiger charge is 2.30. The van der Waals surface area contributed by atoms with Crippen molar-refractivity contribution in [1.82, 2.24) is 10.2 Å². The minimum absolute atomic E-state index is 0.0260. The van der Waals surface area contributed by atoms with Crippen LogP contribution in [-0.2, 0) is 26.2 Å². The van der Waals surface area contributed by atoms with Crippen molar-refractivity contribution in [3.63, 3.8) is 0 Å². The lowest BCUT2D eigenvalue weighted by Gasteiger charge is -2.32. The number of ether oxygens (including phenoxy) is 1. The number of hydrogen-bond donors (Lipinski definition) is 1. The first-order valence-electron chi connectivity index (χ1n) is 13.2. The minimum atomic E-state index is -3.60. The molecule has 2 atom stereocenters. The van der Waals surface area contributed by atoms with Crippen molar-refractivity contribution in [2.45, 2.75) is 72.0 Å². The molecule has 8 nitrogen and oxygen atoms in total. The van der Waals surface area contributed by atoms with Gasteiger partial charge in [-0.2, -0.15) is 0 Å². The Balaban J connectivity index is 2.26. The Morgan fingerprint density at radius 1 is 1.00 bits per heavy atom. The van der Waals surface area contributed by atoms with Crippen LogP contribution in [0.4, 0.5) is 5.69 Å². The first-order chi connectivity index (χ1) is 18.4. The van der Waals surface area contributed by atoms with E-state index < -0.39 is 16.1 Å². The highest BCUT2D eigenvalue weighted by Crippen LogP contribution is 2.28. The predicted molar refractivity (Wildman–Crippen MR) is 158 cm³/mol. The summed E-state index contributed by atoms with van der Waals surface area (Å²) >= 11 is 12.8. The number of sulfonamides is 1. The second-order valence-electron chi connectivity index (χ2n) is 9.33. The summed E-state index contributed by atoms with van der Waals surface area (Å²) in [5.74, 6) is 0.0906. The maximum absolute atomic E-state index is 13.6. The molecular weight excluding hydrogens is 561 g/mol. The second kappa shape index (κ2) is 15.3. The van der Waals surface area contributed by atoms with Gasteiger partial charge in [-0.05, 0) is 69.5 Å². The van der Waals surface area contributed by atoms with Crippen LogP contribution in [0.25, 0.3) is 0 Å². The molecule has 0 bridgehead atoms. The zero-order chi connectivity index (χ0) is 29.2. The van der Waals surface area contributed by atoms with E-state index in [-0.39, 0.29) is 43.8 Å². The SMILES string of the molecule is CCOc1ccc(N(CCCC(=O)N(Cc2c(Cl)cccc2Cl)[C@@H](CC)C(=O)N[C@H](C)CC)S(C)(=O)=O)cc1. The van der Waals surface area contributed by atoms with Crippen LogP contribution in [0.1, 0.15) is 58.9 Å². The summed E-state index contributed by atoms with van der Waals surface area (Å²) in [5.41, 5.74) is 1.03. The van der Waals surface area contributed by atoms with Crippen molar-refractivity contribution in [1.29, 1.82) is 0 Å². The quantitative estimate of drug-likeness (QED) is 0.285. The van der Waals surface area contributed by atoms with Crippen molar-refractivity contribution in [3.05, 3.63) is 58.1 Å². The lowest BCUT2D eigenvalue weighted by molar-refractivity contribution is -0.141. The zero-order valence-corrected chi connectivity index (χ0v) is 25.6. The van der Waals surface area contributed by atoms with Gasteiger partial charge < -0.3 is 15.0 Å². The molecule has 2 amide bonds. The van der Waals surface area contributed by atoms with E-state index in [9.17, 15) is 18.0 Å². The van der Waals surface area contributed by atoms with Crippen molar-refractivity contribution in [2.24, 2.45) is 0 Å². The van der Waals surface area contributed by atoms with E-state index in [4.69, 9.17) is 27.9 Å². The van der Waals surface area contributed by atoms with Crippen molar-refractivity contribution in [3.8, 4) is 5.75 Å². The average molecular weight is 601 g/mol. The smallest absolute Gasteiger partial charge is 0.243 e. The molecule has 2 rings (SSSR count). The lowest BCUT2D eigenvalue weighted by atomic mass is 10.1. The normalized spacial score (nSPS) is 12.9. The summed E-state index contributed by atoms with van der Waals surface area (Å²) in [4.78, 5) is 28.2. The highest BCUT2D eigenvalue weighted by molar-refractivity contribution is 7.92. The Bertz CT molecular complexity index is 1190. The molecule has 0 aliphatic rings. The van der Waals surface area contributed by atoms with Gasteiger partial charge in [0, 0.05) is 41.2 Å². The monoisotopic (exact) mass is 599 g/mol. The maximum atomic E-state index is 13.6. The Labute approximate surface area is 242 Å². The molecule has 11 heteroatoms. The number of nitrogens with zero attached hydrogens (tertiary/aromatic N) is 2. The third-order valence-corrected chi connectivity index (χ3v) is 8.27. The average Bonchev–Trinajstić information content (AvgIpc) is 2.88. The van der Waals surface area contributed by atoms with Crippen molar-refractivity contribution >= 4 is 50.7 Å². The van der Waals surface area contributed by atoms with Crippen LogP contribution in [0.2, 0.25) is 10.0 Å². The highest BCUT2D eigenvalue weighted by atomic mass is 35.5. The van der Waals surface area contributed by atoms with Gasteiger partial charge in [-0.25, -0.2) is 8.42 Å². The first kappa shape index (κ1) is 32.7. The topological polar surface area (TPSA) is 96.0 Å². The summed E-state index contributed by atoms with van der Waals surface area (Å²) in [6.07, 6.45) is 2.54. The van der Waals surface area contributed by atoms with Gasteiger partial charge in [-0.1, -0.05) is 43.1 Å². The molecule has 2 aromatic carbocycles. The number of nitrogens with one attached hydrogen (secondary N) is 1. The van der Waals surface area contributed by atoms with Crippen LogP contribution in [-0.4, -0.2) is 56.6 Å². The number of anilines is 1. The van der Waals surface area contributed by atoms with E-state index in [1.54, 1.807) is 42.5 Å². The van der Waals surface area contributed by atoms with Gasteiger partial charge in [0.15, 0.2) is 0 Å². The van der Waals surface area contributed by atoms with E-state index in [0.29, 0.717) is 40.1 Å². The van der Waals surface area contributed by atoms with E-state index in [2.05, 4.69) is 5.32 Å². The second-order valence-corrected chi connectivity index (χ2v) is 12.1. The zero-order valence-electron chi connectivity index (χ0n) is 23.2.